The molecule has 0 fully saturated rings. The topological polar surface area (TPSA) is 97.8 Å². The van der Waals surface area contributed by atoms with E-state index >= 15 is 0 Å². The summed E-state index contributed by atoms with van der Waals surface area (Å²) in [5, 5.41) is 13.4. The Morgan fingerprint density at radius 2 is 1.82 bits per heavy atom. The second-order valence-corrected chi connectivity index (χ2v) is 7.94. The maximum absolute atomic E-state index is 12.5. The van der Waals surface area contributed by atoms with Crippen LogP contribution in [0.15, 0.2) is 59.8 Å². The fourth-order valence-electron chi connectivity index (χ4n) is 2.71. The molecule has 1 amide bonds. The predicted octanol–water partition coefficient (Wildman–Crippen LogP) is 4.87. The number of benzene rings is 2. The summed E-state index contributed by atoms with van der Waals surface area (Å²) in [5.41, 5.74) is 0.153. The van der Waals surface area contributed by atoms with E-state index in [9.17, 15) is 14.7 Å². The van der Waals surface area contributed by atoms with Crippen molar-refractivity contribution in [3.8, 4) is 11.5 Å². The normalized spacial score (nSPS) is 10.2. The van der Waals surface area contributed by atoms with Crippen LogP contribution in [-0.4, -0.2) is 60.3 Å². The standard InChI is InChI=1S/C22H18Cl2N2O5S.Li.H/c1-32-21-19(3-2-8-25-21)31-10-9-30-14-5-7-18(16(12-14)22(28)29)26-20(27)15-6-4-13(23)11-17(15)24;;/h2-8,11-12H,9-10H2,1H3,(H,26,27)(H,28,29);;. The van der Waals surface area contributed by atoms with Crippen molar-refractivity contribution in [1.82, 2.24) is 4.98 Å². The molecule has 3 aromatic rings. The van der Waals surface area contributed by atoms with Crippen molar-refractivity contribution in [2.75, 3.05) is 24.8 Å². The molecule has 168 valence electrons. The number of nitrogens with one attached hydrogen (secondary N) is 1. The van der Waals surface area contributed by atoms with Crippen LogP contribution in [0, 0.1) is 0 Å². The van der Waals surface area contributed by atoms with Crippen molar-refractivity contribution in [2.45, 2.75) is 5.03 Å². The van der Waals surface area contributed by atoms with Gasteiger partial charge in [0.15, 0.2) is 5.75 Å². The Kier molecular flexibility index (Phi) is 10.4. The summed E-state index contributed by atoms with van der Waals surface area (Å²) in [6.45, 7) is 0.434. The number of aromatic nitrogens is 1. The molecule has 3 rings (SSSR count). The zero-order valence-electron chi connectivity index (χ0n) is 16.8. The number of ether oxygens (including phenoxy) is 2. The minimum atomic E-state index is -1.22. The van der Waals surface area contributed by atoms with Gasteiger partial charge in [-0.25, -0.2) is 9.78 Å². The first kappa shape index (κ1) is 26.9. The zero-order chi connectivity index (χ0) is 23.1. The molecule has 0 spiro atoms. The van der Waals surface area contributed by atoms with Crippen LogP contribution in [0.2, 0.25) is 10.0 Å². The number of carboxylic acids is 1. The number of halogens is 2. The third-order valence-corrected chi connectivity index (χ3v) is 5.43. The third kappa shape index (κ3) is 7.32. The van der Waals surface area contributed by atoms with E-state index in [4.69, 9.17) is 32.7 Å². The van der Waals surface area contributed by atoms with Crippen LogP contribution in [0.4, 0.5) is 5.69 Å². The van der Waals surface area contributed by atoms with E-state index in [1.807, 2.05) is 12.3 Å². The van der Waals surface area contributed by atoms with Gasteiger partial charge in [-0.2, -0.15) is 0 Å². The molecule has 1 aromatic heterocycles. The molecule has 1 heterocycles. The monoisotopic (exact) mass is 500 g/mol. The van der Waals surface area contributed by atoms with E-state index in [2.05, 4.69) is 10.3 Å². The third-order valence-electron chi connectivity index (χ3n) is 4.18. The number of pyridine rings is 1. The predicted molar refractivity (Wildman–Crippen MR) is 132 cm³/mol. The van der Waals surface area contributed by atoms with Gasteiger partial charge in [-0.1, -0.05) is 23.2 Å². The molecule has 2 N–H and O–H groups in total. The van der Waals surface area contributed by atoms with Crippen LogP contribution in [0.25, 0.3) is 0 Å². The Morgan fingerprint density at radius 3 is 2.52 bits per heavy atom. The van der Waals surface area contributed by atoms with Gasteiger partial charge in [-0.05, 0) is 54.8 Å². The van der Waals surface area contributed by atoms with Gasteiger partial charge in [0.2, 0.25) is 0 Å². The Balaban J connectivity index is 0.00000385. The second kappa shape index (κ2) is 12.8. The van der Waals surface area contributed by atoms with E-state index in [1.165, 1.54) is 42.1 Å². The van der Waals surface area contributed by atoms with E-state index in [0.717, 1.165) is 5.03 Å². The first-order valence-electron chi connectivity index (χ1n) is 9.27. The number of nitrogens with zero attached hydrogens (tertiary/aromatic N) is 1. The van der Waals surface area contributed by atoms with Gasteiger partial charge in [0, 0.05) is 11.2 Å². The van der Waals surface area contributed by atoms with E-state index < -0.39 is 11.9 Å². The van der Waals surface area contributed by atoms with Crippen molar-refractivity contribution in [2.24, 2.45) is 0 Å². The summed E-state index contributed by atoms with van der Waals surface area (Å²) in [6, 6.07) is 12.3. The van der Waals surface area contributed by atoms with Gasteiger partial charge in [-0.15, -0.1) is 11.8 Å². The van der Waals surface area contributed by atoms with Crippen molar-refractivity contribution < 1.29 is 24.2 Å². The Bertz CT molecular complexity index is 1150. The van der Waals surface area contributed by atoms with Crippen molar-refractivity contribution in [3.05, 3.63) is 75.9 Å². The van der Waals surface area contributed by atoms with Gasteiger partial charge in [-0.3, -0.25) is 4.79 Å². The quantitative estimate of drug-likeness (QED) is 0.245. The second-order valence-electron chi connectivity index (χ2n) is 6.30. The molecular formula is C22H19Cl2LiN2O5S. The molecule has 11 heteroatoms. The average molecular weight is 501 g/mol. The van der Waals surface area contributed by atoms with Crippen LogP contribution >= 0.6 is 35.0 Å². The van der Waals surface area contributed by atoms with Gasteiger partial charge in [0.1, 0.15) is 24.0 Å². The number of hydrogen-bond donors (Lipinski definition) is 2. The van der Waals surface area contributed by atoms with E-state index in [1.54, 1.807) is 18.3 Å². The number of amides is 1. The van der Waals surface area contributed by atoms with Gasteiger partial charge in [0.25, 0.3) is 5.91 Å². The molecule has 0 atom stereocenters. The van der Waals surface area contributed by atoms with Crippen LogP contribution in [0.1, 0.15) is 20.7 Å². The molecule has 0 unspecified atom stereocenters. The number of aromatic carboxylic acids is 1. The molecule has 0 radical (unpaired) electrons. The van der Waals surface area contributed by atoms with Crippen molar-refractivity contribution in [1.29, 1.82) is 0 Å². The molecule has 0 saturated heterocycles. The Labute approximate surface area is 217 Å². The Hall–Kier alpha value is -2.34. The summed E-state index contributed by atoms with van der Waals surface area (Å²) in [5.74, 6) is -0.806. The molecule has 0 aliphatic carbocycles. The maximum atomic E-state index is 12.5. The number of hydrogen-bond acceptors (Lipinski definition) is 6. The minimum absolute atomic E-state index is 0. The van der Waals surface area contributed by atoms with Crippen LogP contribution < -0.4 is 14.8 Å². The Morgan fingerprint density at radius 1 is 1.06 bits per heavy atom. The summed E-state index contributed by atoms with van der Waals surface area (Å²) in [7, 11) is 0. The molecule has 2 aromatic carbocycles. The van der Waals surface area contributed by atoms with Crippen molar-refractivity contribution >= 4 is 71.4 Å². The molecule has 33 heavy (non-hydrogen) atoms. The van der Waals surface area contributed by atoms with Gasteiger partial charge < -0.3 is 19.9 Å². The number of anilines is 1. The number of carboxylic acid groups (broad SMARTS) is 1. The molecule has 0 saturated carbocycles. The number of rotatable bonds is 9. The number of thioether (sulfide) groups is 1. The van der Waals surface area contributed by atoms with Crippen LogP contribution in [0.5, 0.6) is 11.5 Å². The number of carbonyl (C=O) groups excluding carboxylic acids is 1. The van der Waals surface area contributed by atoms with Gasteiger partial charge in [0.05, 0.1) is 21.8 Å². The fourth-order valence-corrected chi connectivity index (χ4v) is 3.70. The number of carbonyl (C=O) groups is 2. The molecule has 0 aliphatic heterocycles. The van der Waals surface area contributed by atoms with Crippen molar-refractivity contribution in [3.63, 3.8) is 0 Å². The van der Waals surface area contributed by atoms with Crippen LogP contribution in [0.3, 0.4) is 0 Å². The average Bonchev–Trinajstić information content (AvgIpc) is 2.77. The summed E-state index contributed by atoms with van der Waals surface area (Å²) >= 11 is 13.4. The van der Waals surface area contributed by atoms with E-state index in [0.29, 0.717) is 16.5 Å². The summed E-state index contributed by atoms with van der Waals surface area (Å²) < 4.78 is 11.3. The summed E-state index contributed by atoms with van der Waals surface area (Å²) in [6.07, 6.45) is 3.59. The zero-order valence-corrected chi connectivity index (χ0v) is 19.1. The van der Waals surface area contributed by atoms with E-state index in [-0.39, 0.29) is 53.9 Å². The summed E-state index contributed by atoms with van der Waals surface area (Å²) in [4.78, 5) is 28.4. The molecule has 0 bridgehead atoms. The van der Waals surface area contributed by atoms with Gasteiger partial charge >= 0.3 is 24.8 Å². The first-order chi connectivity index (χ1) is 15.4. The molecular weight excluding hydrogens is 482 g/mol. The first-order valence-corrected chi connectivity index (χ1v) is 11.3. The van der Waals surface area contributed by atoms with Crippen LogP contribution in [-0.2, 0) is 0 Å². The molecule has 0 aliphatic rings. The fraction of sp³-hybridized carbons (Fsp3) is 0.136. The molecule has 7 nitrogen and oxygen atoms in total. The SMILES string of the molecule is CSc1ncccc1OCCOc1ccc(NC(=O)c2ccc(Cl)cc2Cl)c(C(=O)O)c1.[LiH].